The fourth-order valence-corrected chi connectivity index (χ4v) is 2.75. The molecular weight excluding hydrogens is 404 g/mol. The number of hydrogen-bond donors (Lipinski definition) is 1. The first kappa shape index (κ1) is 26.2. The standard InChI is InChI=1S/C22H34N2O7/c1-7-9-15(3)31-19-11-10-16(13-18(19)24(27)28)12-17(20(25)29-8-2)23-21(26)30-14-22(4,5)6/h10-11,13,15,17H,7-9,12,14H2,1-6H3,(H,23,26)/t15-,17+/m1/s1. The highest BCUT2D eigenvalue weighted by Crippen LogP contribution is 2.30. The maximum Gasteiger partial charge on any atom is 0.407 e. The second-order valence-electron chi connectivity index (χ2n) is 8.57. The Labute approximate surface area is 183 Å². The Bertz CT molecular complexity index is 759. The van der Waals surface area contributed by atoms with E-state index in [1.54, 1.807) is 13.0 Å². The molecule has 0 bridgehead atoms. The fraction of sp³-hybridized carbons (Fsp3) is 0.636. The van der Waals surface area contributed by atoms with E-state index in [2.05, 4.69) is 5.32 Å². The second-order valence-corrected chi connectivity index (χ2v) is 8.57. The van der Waals surface area contributed by atoms with E-state index in [1.165, 1.54) is 12.1 Å². The van der Waals surface area contributed by atoms with E-state index < -0.39 is 23.0 Å². The van der Waals surface area contributed by atoms with Crippen molar-refractivity contribution in [1.29, 1.82) is 0 Å². The van der Waals surface area contributed by atoms with Gasteiger partial charge in [0.25, 0.3) is 0 Å². The molecule has 2 atom stereocenters. The lowest BCUT2D eigenvalue weighted by molar-refractivity contribution is -0.386. The van der Waals surface area contributed by atoms with Crippen LogP contribution in [0.4, 0.5) is 10.5 Å². The number of esters is 1. The Morgan fingerprint density at radius 1 is 1.19 bits per heavy atom. The number of ether oxygens (including phenoxy) is 3. The molecule has 0 heterocycles. The summed E-state index contributed by atoms with van der Waals surface area (Å²) in [6.07, 6.45) is 0.752. The van der Waals surface area contributed by atoms with Crippen LogP contribution in [0.25, 0.3) is 0 Å². The van der Waals surface area contributed by atoms with Crippen LogP contribution in [0.2, 0.25) is 0 Å². The van der Waals surface area contributed by atoms with E-state index in [-0.39, 0.29) is 42.6 Å². The van der Waals surface area contributed by atoms with Gasteiger partial charge in [-0.2, -0.15) is 0 Å². The van der Waals surface area contributed by atoms with Crippen molar-refractivity contribution in [2.24, 2.45) is 5.41 Å². The van der Waals surface area contributed by atoms with Crippen molar-refractivity contribution in [2.45, 2.75) is 73.0 Å². The Morgan fingerprint density at radius 3 is 2.42 bits per heavy atom. The lowest BCUT2D eigenvalue weighted by atomic mass is 9.99. The van der Waals surface area contributed by atoms with Gasteiger partial charge in [0.2, 0.25) is 0 Å². The van der Waals surface area contributed by atoms with E-state index in [4.69, 9.17) is 14.2 Å². The number of rotatable bonds is 11. The first-order valence-corrected chi connectivity index (χ1v) is 10.5. The predicted octanol–water partition coefficient (Wildman–Crippen LogP) is 4.41. The van der Waals surface area contributed by atoms with E-state index in [9.17, 15) is 19.7 Å². The van der Waals surface area contributed by atoms with Crippen molar-refractivity contribution >= 4 is 17.7 Å². The summed E-state index contributed by atoms with van der Waals surface area (Å²) < 4.78 is 15.9. The predicted molar refractivity (Wildman–Crippen MR) is 116 cm³/mol. The summed E-state index contributed by atoms with van der Waals surface area (Å²) in [6, 6.07) is 3.45. The summed E-state index contributed by atoms with van der Waals surface area (Å²) in [4.78, 5) is 35.5. The zero-order chi connectivity index (χ0) is 23.6. The van der Waals surface area contributed by atoms with Gasteiger partial charge in [0.15, 0.2) is 5.75 Å². The van der Waals surface area contributed by atoms with Crippen molar-refractivity contribution in [2.75, 3.05) is 13.2 Å². The number of nitrogens with zero attached hydrogens (tertiary/aromatic N) is 1. The molecule has 9 nitrogen and oxygen atoms in total. The van der Waals surface area contributed by atoms with Gasteiger partial charge in [-0.3, -0.25) is 10.1 Å². The Hall–Kier alpha value is -2.84. The molecule has 174 valence electrons. The number of alkyl carbamates (subject to hydrolysis) is 1. The zero-order valence-electron chi connectivity index (χ0n) is 19.2. The van der Waals surface area contributed by atoms with Crippen LogP contribution in [0, 0.1) is 15.5 Å². The molecule has 0 unspecified atom stereocenters. The zero-order valence-corrected chi connectivity index (χ0v) is 19.2. The van der Waals surface area contributed by atoms with Gasteiger partial charge in [-0.1, -0.05) is 40.2 Å². The van der Waals surface area contributed by atoms with Crippen molar-refractivity contribution in [3.05, 3.63) is 33.9 Å². The summed E-state index contributed by atoms with van der Waals surface area (Å²) in [6.45, 7) is 11.5. The normalized spacial score (nSPS) is 13.1. The average Bonchev–Trinajstić information content (AvgIpc) is 2.66. The van der Waals surface area contributed by atoms with Gasteiger partial charge < -0.3 is 19.5 Å². The lowest BCUT2D eigenvalue weighted by Gasteiger charge is -2.21. The maximum absolute atomic E-state index is 12.3. The van der Waals surface area contributed by atoms with Crippen molar-refractivity contribution in [3.8, 4) is 5.75 Å². The third-order valence-corrected chi connectivity index (χ3v) is 4.18. The molecule has 1 amide bonds. The summed E-state index contributed by atoms with van der Waals surface area (Å²) >= 11 is 0. The van der Waals surface area contributed by atoms with Crippen molar-refractivity contribution < 1.29 is 28.7 Å². The molecule has 31 heavy (non-hydrogen) atoms. The van der Waals surface area contributed by atoms with Gasteiger partial charge in [-0.15, -0.1) is 0 Å². The highest BCUT2D eigenvalue weighted by molar-refractivity contribution is 5.81. The molecular formula is C22H34N2O7. The molecule has 0 spiro atoms. The average molecular weight is 439 g/mol. The molecule has 0 radical (unpaired) electrons. The van der Waals surface area contributed by atoms with Crippen LogP contribution in [0.5, 0.6) is 5.75 Å². The number of nitro benzene ring substituents is 1. The van der Waals surface area contributed by atoms with E-state index in [0.717, 1.165) is 12.8 Å². The molecule has 0 aromatic heterocycles. The first-order valence-electron chi connectivity index (χ1n) is 10.5. The summed E-state index contributed by atoms with van der Waals surface area (Å²) in [5, 5.41) is 14.0. The largest absolute Gasteiger partial charge is 0.484 e. The number of carbonyl (C=O) groups is 2. The summed E-state index contributed by atoms with van der Waals surface area (Å²) in [5.41, 5.74) is 0.0528. The lowest BCUT2D eigenvalue weighted by Crippen LogP contribution is -2.44. The third kappa shape index (κ3) is 9.67. The van der Waals surface area contributed by atoms with Crippen LogP contribution in [0.1, 0.15) is 59.9 Å². The molecule has 1 N–H and O–H groups in total. The fourth-order valence-electron chi connectivity index (χ4n) is 2.75. The minimum Gasteiger partial charge on any atom is -0.484 e. The molecule has 1 aromatic carbocycles. The minimum absolute atomic E-state index is 0.00901. The Morgan fingerprint density at radius 2 is 1.87 bits per heavy atom. The van der Waals surface area contributed by atoms with Crippen LogP contribution < -0.4 is 10.1 Å². The molecule has 0 aliphatic rings. The third-order valence-electron chi connectivity index (χ3n) is 4.18. The molecule has 0 saturated heterocycles. The molecule has 9 heteroatoms. The van der Waals surface area contributed by atoms with Crippen LogP contribution in [0.15, 0.2) is 18.2 Å². The SMILES string of the molecule is CCC[C@@H](C)Oc1ccc(C[C@H](NC(=O)OCC(C)(C)C)C(=O)OCC)cc1[N+](=O)[O-]. The van der Waals surface area contributed by atoms with Gasteiger partial charge in [0, 0.05) is 12.5 Å². The maximum atomic E-state index is 12.3. The van der Waals surface area contributed by atoms with E-state index in [0.29, 0.717) is 5.56 Å². The molecule has 0 fully saturated rings. The molecule has 0 aliphatic heterocycles. The highest BCUT2D eigenvalue weighted by atomic mass is 16.6. The number of nitrogens with one attached hydrogen (secondary N) is 1. The van der Waals surface area contributed by atoms with Crippen LogP contribution in [0.3, 0.4) is 0 Å². The topological polar surface area (TPSA) is 117 Å². The monoisotopic (exact) mass is 438 g/mol. The summed E-state index contributed by atoms with van der Waals surface area (Å²) in [5.74, 6) is -0.477. The number of nitro groups is 1. The molecule has 0 aliphatic carbocycles. The molecule has 1 rings (SSSR count). The van der Waals surface area contributed by atoms with Crippen molar-refractivity contribution in [1.82, 2.24) is 5.32 Å². The van der Waals surface area contributed by atoms with Gasteiger partial charge in [0.1, 0.15) is 6.04 Å². The van der Waals surface area contributed by atoms with Gasteiger partial charge in [-0.25, -0.2) is 9.59 Å². The van der Waals surface area contributed by atoms with Crippen LogP contribution in [-0.4, -0.2) is 42.3 Å². The van der Waals surface area contributed by atoms with Crippen LogP contribution in [-0.2, 0) is 20.7 Å². The Kier molecular flexibility index (Phi) is 10.2. The van der Waals surface area contributed by atoms with E-state index >= 15 is 0 Å². The highest BCUT2D eigenvalue weighted by Gasteiger charge is 2.26. The number of hydrogen-bond acceptors (Lipinski definition) is 7. The van der Waals surface area contributed by atoms with Crippen LogP contribution >= 0.6 is 0 Å². The quantitative estimate of drug-likeness (QED) is 0.309. The van der Waals surface area contributed by atoms with E-state index in [1.807, 2.05) is 34.6 Å². The van der Waals surface area contributed by atoms with Gasteiger partial charge in [0.05, 0.1) is 24.2 Å². The Balaban J connectivity index is 3.02. The smallest absolute Gasteiger partial charge is 0.407 e. The number of benzene rings is 1. The first-order chi connectivity index (χ1) is 14.5. The molecule has 1 aromatic rings. The minimum atomic E-state index is -1.04. The number of carbonyl (C=O) groups excluding carboxylic acids is 2. The van der Waals surface area contributed by atoms with Gasteiger partial charge >= 0.3 is 17.7 Å². The summed E-state index contributed by atoms with van der Waals surface area (Å²) in [7, 11) is 0. The van der Waals surface area contributed by atoms with Gasteiger partial charge in [-0.05, 0) is 37.3 Å². The van der Waals surface area contributed by atoms with Crippen molar-refractivity contribution in [3.63, 3.8) is 0 Å². The second kappa shape index (κ2) is 12.1. The molecule has 0 saturated carbocycles. The number of amides is 1.